The maximum absolute atomic E-state index is 13.9. The Balaban J connectivity index is 0.00000361. The summed E-state index contributed by atoms with van der Waals surface area (Å²) in [6, 6.07) is 14.6. The van der Waals surface area contributed by atoms with E-state index in [2.05, 4.69) is 9.80 Å². The number of carbonyl (C=O) groups is 1. The summed E-state index contributed by atoms with van der Waals surface area (Å²) in [5, 5.41) is 11.4. The normalized spacial score (nSPS) is 22.2. The summed E-state index contributed by atoms with van der Waals surface area (Å²) in [4.78, 5) is 17.2. The Kier molecular flexibility index (Phi) is 8.95. The van der Waals surface area contributed by atoms with E-state index in [1.54, 1.807) is 42.5 Å². The molecule has 1 N–H and O–H groups in total. The zero-order chi connectivity index (χ0) is 25.1. The van der Waals surface area contributed by atoms with Gasteiger partial charge in [-0.05, 0) is 43.0 Å². The highest BCUT2D eigenvalue weighted by Crippen LogP contribution is 2.47. The van der Waals surface area contributed by atoms with Crippen molar-refractivity contribution in [3.8, 4) is 0 Å². The number of halogens is 4. The molecule has 0 amide bonds. The van der Waals surface area contributed by atoms with Crippen LogP contribution in [0.3, 0.4) is 0 Å². The maximum Gasteiger partial charge on any atom is 0.343 e. The van der Waals surface area contributed by atoms with Gasteiger partial charge in [-0.25, -0.2) is 18.0 Å². The van der Waals surface area contributed by atoms with Crippen molar-refractivity contribution < 1.29 is 40.2 Å². The van der Waals surface area contributed by atoms with Crippen LogP contribution >= 0.6 is 0 Å². The summed E-state index contributed by atoms with van der Waals surface area (Å²) < 4.78 is 46.4. The number of carbonyl (C=O) groups excluding carboxylic acids is 1. The fourth-order valence-electron chi connectivity index (χ4n) is 4.90. The summed E-state index contributed by atoms with van der Waals surface area (Å²) >= 11 is 0. The number of esters is 1. The number of ether oxygens (including phenoxy) is 1. The van der Waals surface area contributed by atoms with E-state index in [0.29, 0.717) is 19.5 Å². The molecule has 196 valence electrons. The molecule has 5 nitrogen and oxygen atoms in total. The van der Waals surface area contributed by atoms with Crippen molar-refractivity contribution in [2.45, 2.75) is 56.8 Å². The van der Waals surface area contributed by atoms with Gasteiger partial charge in [0.2, 0.25) is 5.92 Å². The van der Waals surface area contributed by atoms with Crippen molar-refractivity contribution in [3.05, 3.63) is 83.9 Å². The molecular weight excluding hydrogens is 493 g/mol. The van der Waals surface area contributed by atoms with Crippen LogP contribution < -0.4 is 12.4 Å². The fourth-order valence-corrected chi connectivity index (χ4v) is 4.90. The number of aliphatic hydroxyl groups is 1. The number of nitrogens with zero attached hydrogens (tertiary/aromatic N) is 2. The van der Waals surface area contributed by atoms with Gasteiger partial charge in [0.1, 0.15) is 5.82 Å². The lowest BCUT2D eigenvalue weighted by Gasteiger charge is -2.32. The number of alkyl halides is 2. The predicted molar refractivity (Wildman–Crippen MR) is 125 cm³/mol. The van der Waals surface area contributed by atoms with Crippen LogP contribution in [0.15, 0.2) is 67.0 Å². The molecule has 0 spiro atoms. The molecule has 2 aromatic carbocycles. The highest BCUT2D eigenvalue weighted by molar-refractivity contribution is 5.81. The molecule has 0 saturated heterocycles. The minimum Gasteiger partial charge on any atom is -1.00 e. The highest BCUT2D eigenvalue weighted by Gasteiger charge is 2.54. The van der Waals surface area contributed by atoms with Crippen molar-refractivity contribution >= 4 is 5.97 Å². The molecule has 2 aromatic rings. The van der Waals surface area contributed by atoms with Crippen LogP contribution in [0.2, 0.25) is 0 Å². The van der Waals surface area contributed by atoms with E-state index < -0.39 is 29.8 Å². The van der Waals surface area contributed by atoms with Crippen LogP contribution in [0.1, 0.15) is 43.7 Å². The molecule has 36 heavy (non-hydrogen) atoms. The second-order valence-electron chi connectivity index (χ2n) is 9.38. The third kappa shape index (κ3) is 6.16. The molecule has 1 saturated carbocycles. The third-order valence-electron chi connectivity index (χ3n) is 7.00. The zero-order valence-corrected chi connectivity index (χ0v) is 20.9. The average Bonchev–Trinajstić information content (AvgIpc) is 3.39. The molecule has 1 heterocycles. The molecule has 2 aliphatic rings. The Morgan fingerprint density at radius 1 is 1.11 bits per heavy atom. The molecule has 1 unspecified atom stereocenters. The van der Waals surface area contributed by atoms with Gasteiger partial charge >= 0.3 is 5.97 Å². The molecule has 1 aliphatic heterocycles. The molecule has 1 aliphatic carbocycles. The van der Waals surface area contributed by atoms with E-state index in [0.717, 1.165) is 5.56 Å². The van der Waals surface area contributed by atoms with Gasteiger partial charge in [0.05, 0.1) is 12.8 Å². The SMILES string of the molecule is CC1N(CCCOC(=O)[C@](O)(c2ccccc2)[C@@H]2CCC(F)(F)C2)C=CN1Cc1ccc(F)cc1.[Cl-]. The van der Waals surface area contributed by atoms with E-state index in [1.807, 2.05) is 19.3 Å². The minimum absolute atomic E-state index is 0. The summed E-state index contributed by atoms with van der Waals surface area (Å²) in [6.45, 7) is 3.35. The van der Waals surface area contributed by atoms with Crippen LogP contribution in [0, 0.1) is 11.7 Å². The Morgan fingerprint density at radius 3 is 2.42 bits per heavy atom. The van der Waals surface area contributed by atoms with Crippen LogP contribution in [0.25, 0.3) is 0 Å². The lowest BCUT2D eigenvalue weighted by atomic mass is 9.80. The van der Waals surface area contributed by atoms with Gasteiger partial charge in [-0.2, -0.15) is 0 Å². The third-order valence-corrected chi connectivity index (χ3v) is 7.00. The quantitative estimate of drug-likeness (QED) is 0.403. The largest absolute Gasteiger partial charge is 1.00 e. The Labute approximate surface area is 216 Å². The standard InChI is InChI=1S/C27H31F3N2O3.ClH/c1-20-31(15-16-32(20)19-21-8-10-24(28)11-9-21)14-5-17-35-25(33)27(34,22-6-3-2-4-7-22)23-12-13-26(29,30)18-23;/h2-4,6-11,15-16,20,23,34H,5,12-14,17-19H2,1H3;1H/p-1/t20?,23-,27+;/m1./s1. The lowest BCUT2D eigenvalue weighted by molar-refractivity contribution is -0.175. The lowest BCUT2D eigenvalue weighted by Crippen LogP contribution is -3.00. The topological polar surface area (TPSA) is 53.0 Å². The van der Waals surface area contributed by atoms with Gasteiger partial charge in [-0.1, -0.05) is 42.5 Å². The van der Waals surface area contributed by atoms with E-state index in [9.17, 15) is 23.1 Å². The fraction of sp³-hybridized carbons (Fsp3) is 0.444. The van der Waals surface area contributed by atoms with Crippen LogP contribution in [0.5, 0.6) is 0 Å². The van der Waals surface area contributed by atoms with Gasteiger partial charge in [0, 0.05) is 44.2 Å². The van der Waals surface area contributed by atoms with E-state index in [-0.39, 0.29) is 49.4 Å². The van der Waals surface area contributed by atoms with Crippen molar-refractivity contribution in [1.82, 2.24) is 9.80 Å². The molecule has 1 fully saturated rings. The highest BCUT2D eigenvalue weighted by atomic mass is 35.5. The summed E-state index contributed by atoms with van der Waals surface area (Å²) in [5.74, 6) is -4.95. The van der Waals surface area contributed by atoms with Crippen molar-refractivity contribution in [3.63, 3.8) is 0 Å². The zero-order valence-electron chi connectivity index (χ0n) is 20.1. The number of hydrogen-bond acceptors (Lipinski definition) is 5. The molecule has 9 heteroatoms. The molecule has 0 bridgehead atoms. The molecule has 3 atom stereocenters. The summed E-state index contributed by atoms with van der Waals surface area (Å²) in [6.07, 6.45) is 3.65. The molecule has 0 aromatic heterocycles. The Bertz CT molecular complexity index is 1040. The van der Waals surface area contributed by atoms with Crippen LogP contribution in [-0.4, -0.2) is 46.1 Å². The Morgan fingerprint density at radius 2 is 1.78 bits per heavy atom. The number of rotatable bonds is 9. The van der Waals surface area contributed by atoms with E-state index in [1.165, 1.54) is 12.1 Å². The average molecular weight is 524 g/mol. The van der Waals surface area contributed by atoms with Crippen molar-refractivity contribution in [2.24, 2.45) is 5.92 Å². The van der Waals surface area contributed by atoms with Crippen LogP contribution in [-0.2, 0) is 21.7 Å². The smallest absolute Gasteiger partial charge is 0.343 e. The number of benzene rings is 2. The first-order valence-electron chi connectivity index (χ1n) is 12.0. The van der Waals surface area contributed by atoms with Gasteiger partial charge in [0.15, 0.2) is 5.60 Å². The molecular formula is C27H31ClF3N2O3-. The van der Waals surface area contributed by atoms with E-state index in [4.69, 9.17) is 4.74 Å². The van der Waals surface area contributed by atoms with E-state index >= 15 is 0 Å². The summed E-state index contributed by atoms with van der Waals surface area (Å²) in [7, 11) is 0. The van der Waals surface area contributed by atoms with Gasteiger partial charge in [-0.15, -0.1) is 0 Å². The first-order chi connectivity index (χ1) is 16.7. The van der Waals surface area contributed by atoms with Crippen LogP contribution in [0.4, 0.5) is 13.2 Å². The first kappa shape index (κ1) is 27.9. The monoisotopic (exact) mass is 523 g/mol. The molecule has 0 radical (unpaired) electrons. The second-order valence-corrected chi connectivity index (χ2v) is 9.38. The number of hydrogen-bond donors (Lipinski definition) is 1. The van der Waals surface area contributed by atoms with Gasteiger partial charge in [-0.3, -0.25) is 0 Å². The maximum atomic E-state index is 13.9. The minimum atomic E-state index is -2.90. The van der Waals surface area contributed by atoms with Gasteiger partial charge in [0.25, 0.3) is 0 Å². The first-order valence-corrected chi connectivity index (χ1v) is 12.0. The van der Waals surface area contributed by atoms with Crippen molar-refractivity contribution in [1.29, 1.82) is 0 Å². The summed E-state index contributed by atoms with van der Waals surface area (Å²) in [5.41, 5.74) is -0.829. The van der Waals surface area contributed by atoms with Crippen molar-refractivity contribution in [2.75, 3.05) is 13.2 Å². The van der Waals surface area contributed by atoms with Gasteiger partial charge < -0.3 is 32.1 Å². The molecule has 4 rings (SSSR count). The Hall–Kier alpha value is -2.71. The predicted octanol–water partition coefficient (Wildman–Crippen LogP) is 2.02. The second kappa shape index (κ2) is 11.6.